The highest BCUT2D eigenvalue weighted by Gasteiger charge is 2.36. The van der Waals surface area contributed by atoms with Crippen LogP contribution in [0.4, 0.5) is 21.7 Å². The maximum Gasteiger partial charge on any atom is 0.227 e. The number of anilines is 3. The number of hydrogen-bond acceptors (Lipinski definition) is 8. The average Bonchev–Trinajstić information content (AvgIpc) is 3.28. The smallest absolute Gasteiger partial charge is 0.227 e. The van der Waals surface area contributed by atoms with Gasteiger partial charge in [-0.2, -0.15) is 0 Å². The molecule has 9 nitrogen and oxygen atoms in total. The van der Waals surface area contributed by atoms with E-state index in [-0.39, 0.29) is 5.91 Å². The third-order valence-electron chi connectivity index (χ3n) is 6.92. The number of carbonyl (C=O) groups is 1. The second-order valence-electron chi connectivity index (χ2n) is 10.1. The van der Waals surface area contributed by atoms with Gasteiger partial charge < -0.3 is 19.7 Å². The molecule has 3 aliphatic rings. The topological polar surface area (TPSA) is 92.7 Å². The van der Waals surface area contributed by atoms with Crippen molar-refractivity contribution in [2.45, 2.75) is 38.5 Å². The Labute approximate surface area is 214 Å². The lowest BCUT2D eigenvalue weighted by atomic mass is 9.91. The predicted molar refractivity (Wildman–Crippen MR) is 137 cm³/mol. The van der Waals surface area contributed by atoms with E-state index in [0.717, 1.165) is 35.5 Å². The van der Waals surface area contributed by atoms with Crippen molar-refractivity contribution >= 4 is 23.2 Å². The number of nitrogens with zero attached hydrogens (tertiary/aromatic N) is 5. The summed E-state index contributed by atoms with van der Waals surface area (Å²) in [5.41, 5.74) is 3.41. The molecule has 2 fully saturated rings. The third kappa shape index (κ3) is 4.69. The highest BCUT2D eigenvalue weighted by Crippen LogP contribution is 2.46. The van der Waals surface area contributed by atoms with Gasteiger partial charge in [0.15, 0.2) is 0 Å². The van der Waals surface area contributed by atoms with Crippen molar-refractivity contribution in [2.24, 2.45) is 0 Å². The van der Waals surface area contributed by atoms with Gasteiger partial charge in [0, 0.05) is 67.7 Å². The molecule has 192 valence electrons. The number of halogens is 1. The molecule has 1 N–H and O–H groups in total. The maximum absolute atomic E-state index is 13.0. The van der Waals surface area contributed by atoms with Gasteiger partial charge in [0.2, 0.25) is 11.9 Å². The van der Waals surface area contributed by atoms with Crippen LogP contribution in [-0.4, -0.2) is 64.7 Å². The van der Waals surface area contributed by atoms with Crippen LogP contribution in [0.3, 0.4) is 0 Å². The number of aromatic nitrogens is 3. The number of fused-ring (bicyclic) bond motifs is 3. The van der Waals surface area contributed by atoms with Crippen molar-refractivity contribution < 1.29 is 18.7 Å². The molecule has 0 saturated carbocycles. The highest BCUT2D eigenvalue weighted by atomic mass is 19.1. The standard InChI is InChI=1S/C27H29FN6O3/c1-27(2)25-22(21-6-5-19(11-23(21)37-27)34-7-3-4-24(34)35)14-30-26(32-25)31-18-10-20(13-29-12-18)36-9-8-33-15-17(28)16-33/h5-6,10-14,17H,3-4,7-9,15-16H2,1-2H3,(H,30,31,32). The monoisotopic (exact) mass is 504 g/mol. The number of pyridine rings is 1. The number of carbonyl (C=O) groups excluding carboxylic acids is 1. The van der Waals surface area contributed by atoms with Crippen molar-refractivity contribution in [3.05, 3.63) is 48.5 Å². The Morgan fingerprint density at radius 1 is 1.19 bits per heavy atom. The summed E-state index contributed by atoms with van der Waals surface area (Å²) in [6.45, 7) is 6.77. The highest BCUT2D eigenvalue weighted by molar-refractivity contribution is 5.96. The molecule has 2 saturated heterocycles. The molecular formula is C27H29FN6O3. The lowest BCUT2D eigenvalue weighted by Gasteiger charge is -2.34. The van der Waals surface area contributed by atoms with Crippen molar-refractivity contribution in [1.82, 2.24) is 19.9 Å². The summed E-state index contributed by atoms with van der Waals surface area (Å²) in [5.74, 6) is 1.90. The van der Waals surface area contributed by atoms with Gasteiger partial charge in [-0.25, -0.2) is 14.4 Å². The van der Waals surface area contributed by atoms with E-state index in [9.17, 15) is 9.18 Å². The molecule has 3 aliphatic heterocycles. The minimum Gasteiger partial charge on any atom is -0.491 e. The summed E-state index contributed by atoms with van der Waals surface area (Å²) in [7, 11) is 0. The Kier molecular flexibility index (Phi) is 5.91. The first-order valence-electron chi connectivity index (χ1n) is 12.6. The van der Waals surface area contributed by atoms with Crippen LogP contribution >= 0.6 is 0 Å². The number of amides is 1. The van der Waals surface area contributed by atoms with E-state index in [4.69, 9.17) is 14.5 Å². The lowest BCUT2D eigenvalue weighted by Crippen LogP contribution is -2.49. The Morgan fingerprint density at radius 3 is 2.84 bits per heavy atom. The molecule has 0 spiro atoms. The van der Waals surface area contributed by atoms with Crippen molar-refractivity contribution in [1.29, 1.82) is 0 Å². The van der Waals surface area contributed by atoms with Gasteiger partial charge in [-0.05, 0) is 32.4 Å². The van der Waals surface area contributed by atoms with E-state index in [2.05, 4.69) is 15.3 Å². The second-order valence-corrected chi connectivity index (χ2v) is 10.1. The first-order chi connectivity index (χ1) is 17.9. The average molecular weight is 505 g/mol. The molecule has 2 aromatic heterocycles. The van der Waals surface area contributed by atoms with E-state index in [1.807, 2.05) is 47.9 Å². The fraction of sp³-hybridized carbons (Fsp3) is 0.407. The van der Waals surface area contributed by atoms with Gasteiger partial charge >= 0.3 is 0 Å². The van der Waals surface area contributed by atoms with Crippen molar-refractivity contribution in [3.63, 3.8) is 0 Å². The van der Waals surface area contributed by atoms with Crippen molar-refractivity contribution in [2.75, 3.05) is 43.0 Å². The fourth-order valence-corrected chi connectivity index (χ4v) is 5.01. The summed E-state index contributed by atoms with van der Waals surface area (Å²) in [4.78, 5) is 29.6. The second kappa shape index (κ2) is 9.26. The number of rotatable bonds is 7. The molecule has 3 aromatic rings. The zero-order chi connectivity index (χ0) is 25.6. The molecule has 37 heavy (non-hydrogen) atoms. The zero-order valence-electron chi connectivity index (χ0n) is 20.9. The first kappa shape index (κ1) is 23.6. The Hall–Kier alpha value is -3.79. The number of likely N-dealkylation sites (tertiary alicyclic amines) is 1. The van der Waals surface area contributed by atoms with Gasteiger partial charge in [-0.15, -0.1) is 0 Å². The number of nitrogens with one attached hydrogen (secondary N) is 1. The van der Waals surface area contributed by atoms with Gasteiger partial charge in [0.1, 0.15) is 29.9 Å². The molecular weight excluding hydrogens is 475 g/mol. The largest absolute Gasteiger partial charge is 0.491 e. The minimum atomic E-state index is -0.715. The molecule has 0 aliphatic carbocycles. The van der Waals surface area contributed by atoms with E-state index < -0.39 is 11.8 Å². The molecule has 5 heterocycles. The molecule has 10 heteroatoms. The molecule has 0 atom stereocenters. The van der Waals surface area contributed by atoms with Gasteiger partial charge in [-0.3, -0.25) is 14.7 Å². The Morgan fingerprint density at radius 2 is 2.05 bits per heavy atom. The lowest BCUT2D eigenvalue weighted by molar-refractivity contribution is -0.117. The molecule has 1 amide bonds. The van der Waals surface area contributed by atoms with Crippen LogP contribution in [0.15, 0.2) is 42.9 Å². The predicted octanol–water partition coefficient (Wildman–Crippen LogP) is 4.07. The van der Waals surface area contributed by atoms with Crippen molar-refractivity contribution in [3.8, 4) is 22.6 Å². The van der Waals surface area contributed by atoms with Gasteiger partial charge in [-0.1, -0.05) is 0 Å². The SMILES string of the molecule is CC1(C)Oc2cc(N3CCCC3=O)ccc2-c2cnc(Nc3cncc(OCCN4CC(F)C4)c3)nc21. The van der Waals surface area contributed by atoms with Crippen LogP contribution in [-0.2, 0) is 10.4 Å². The number of ether oxygens (including phenoxy) is 2. The fourth-order valence-electron chi connectivity index (χ4n) is 5.01. The number of hydrogen-bond donors (Lipinski definition) is 1. The maximum atomic E-state index is 13.0. The van der Waals surface area contributed by atoms with Crippen LogP contribution in [0.1, 0.15) is 32.4 Å². The minimum absolute atomic E-state index is 0.143. The van der Waals surface area contributed by atoms with E-state index in [1.54, 1.807) is 18.6 Å². The quantitative estimate of drug-likeness (QED) is 0.515. The normalized spacial score (nSPS) is 18.6. The Bertz CT molecular complexity index is 1340. The van der Waals surface area contributed by atoms with Crippen LogP contribution < -0.4 is 19.7 Å². The molecule has 1 aromatic carbocycles. The summed E-state index contributed by atoms with van der Waals surface area (Å²) < 4.78 is 25.1. The van der Waals surface area contributed by atoms with E-state index in [1.165, 1.54) is 0 Å². The molecule has 0 bridgehead atoms. The van der Waals surface area contributed by atoms with E-state index >= 15 is 0 Å². The molecule has 0 unspecified atom stereocenters. The Balaban J connectivity index is 1.19. The van der Waals surface area contributed by atoms with Gasteiger partial charge in [0.05, 0.1) is 23.8 Å². The first-order valence-corrected chi connectivity index (χ1v) is 12.6. The summed E-state index contributed by atoms with van der Waals surface area (Å²) >= 11 is 0. The van der Waals surface area contributed by atoms with E-state index in [0.29, 0.717) is 55.8 Å². The van der Waals surface area contributed by atoms with Crippen LogP contribution in [0.2, 0.25) is 0 Å². The van der Waals surface area contributed by atoms with Crippen LogP contribution in [0.5, 0.6) is 11.5 Å². The third-order valence-corrected chi connectivity index (χ3v) is 6.92. The number of alkyl halides is 1. The molecule has 0 radical (unpaired) electrons. The summed E-state index contributed by atoms with van der Waals surface area (Å²) in [6, 6.07) is 7.70. The molecule has 6 rings (SSSR count). The summed E-state index contributed by atoms with van der Waals surface area (Å²) in [5, 5.41) is 3.21. The van der Waals surface area contributed by atoms with Gasteiger partial charge in [0.25, 0.3) is 0 Å². The van der Waals surface area contributed by atoms with Crippen LogP contribution in [0, 0.1) is 0 Å². The van der Waals surface area contributed by atoms with Crippen LogP contribution in [0.25, 0.3) is 11.1 Å². The summed E-state index contributed by atoms with van der Waals surface area (Å²) in [6.07, 6.45) is 5.86. The zero-order valence-corrected chi connectivity index (χ0v) is 20.9. The number of benzene rings is 1.